The molecule has 0 fully saturated rings. The Morgan fingerprint density at radius 1 is 1.33 bits per heavy atom. The van der Waals surface area contributed by atoms with Gasteiger partial charge in [0.25, 0.3) is 0 Å². The lowest BCUT2D eigenvalue weighted by atomic mass is 10.1. The fraction of sp³-hybridized carbons (Fsp3) is 0.333. The van der Waals surface area contributed by atoms with Crippen LogP contribution in [0.15, 0.2) is 24.3 Å². The molecule has 0 radical (unpaired) electrons. The zero-order valence-corrected chi connectivity index (χ0v) is 11.4. The highest BCUT2D eigenvalue weighted by Crippen LogP contribution is 2.22. The number of hydrogen-bond donors (Lipinski definition) is 1. The second-order valence-electron chi connectivity index (χ2n) is 4.98. The van der Waals surface area contributed by atoms with Crippen LogP contribution in [-0.2, 0) is 19.6 Å². The summed E-state index contributed by atoms with van der Waals surface area (Å²) < 4.78 is 20.3. The number of carboxylic acids is 1. The number of nitrogens with zero attached hydrogens (tertiary/aromatic N) is 2. The first-order valence-electron chi connectivity index (χ1n) is 6.85. The quantitative estimate of drug-likeness (QED) is 0.940. The molecule has 1 aliphatic heterocycles. The molecule has 6 heteroatoms. The molecule has 2 aromatic rings. The van der Waals surface area contributed by atoms with E-state index in [1.165, 1.54) is 24.3 Å². The van der Waals surface area contributed by atoms with E-state index in [4.69, 9.17) is 4.74 Å². The van der Waals surface area contributed by atoms with E-state index in [-0.39, 0.29) is 18.1 Å². The Morgan fingerprint density at radius 3 is 2.81 bits per heavy atom. The summed E-state index contributed by atoms with van der Waals surface area (Å²) in [7, 11) is 0. The number of fused-ring (bicyclic) bond motifs is 1. The van der Waals surface area contributed by atoms with Gasteiger partial charge < -0.3 is 14.4 Å². The largest absolute Gasteiger partial charge is 0.486 e. The highest BCUT2D eigenvalue weighted by atomic mass is 19.1. The van der Waals surface area contributed by atoms with Crippen molar-refractivity contribution in [1.29, 1.82) is 0 Å². The van der Waals surface area contributed by atoms with Crippen molar-refractivity contribution in [2.75, 3.05) is 0 Å². The van der Waals surface area contributed by atoms with Gasteiger partial charge in [0.05, 0.1) is 5.69 Å². The first-order chi connectivity index (χ1) is 10.1. The molecular formula is C15H15FN2O3. The number of imidazole rings is 1. The molecule has 1 aromatic carbocycles. The average Bonchev–Trinajstić information content (AvgIpc) is 2.86. The predicted molar refractivity (Wildman–Crippen MR) is 72.9 cm³/mol. The van der Waals surface area contributed by atoms with Crippen LogP contribution in [0, 0.1) is 5.82 Å². The average molecular weight is 290 g/mol. The lowest BCUT2D eigenvalue weighted by molar-refractivity contribution is 0.0689. The highest BCUT2D eigenvalue weighted by molar-refractivity contribution is 5.86. The molecule has 0 saturated heterocycles. The van der Waals surface area contributed by atoms with E-state index in [0.717, 1.165) is 31.5 Å². The van der Waals surface area contributed by atoms with Crippen LogP contribution < -0.4 is 4.74 Å². The number of rotatable bonds is 4. The summed E-state index contributed by atoms with van der Waals surface area (Å²) >= 11 is 0. The third-order valence-electron chi connectivity index (χ3n) is 3.58. The maximum atomic E-state index is 12.8. The molecule has 5 nitrogen and oxygen atoms in total. The maximum Gasteiger partial charge on any atom is 0.356 e. The Balaban J connectivity index is 1.82. The number of benzene rings is 1. The molecule has 0 saturated carbocycles. The number of aromatic nitrogens is 2. The van der Waals surface area contributed by atoms with Crippen LogP contribution in [0.3, 0.4) is 0 Å². The standard InChI is InChI=1S/C15H15FN2O3/c16-10-4-6-11(7-5-10)21-9-13-17-14(15(19)20)12-3-1-2-8-18(12)13/h4-7H,1-3,8-9H2,(H,19,20). The lowest BCUT2D eigenvalue weighted by Gasteiger charge is -2.17. The molecule has 0 bridgehead atoms. The summed E-state index contributed by atoms with van der Waals surface area (Å²) in [6, 6.07) is 5.71. The van der Waals surface area contributed by atoms with Gasteiger partial charge in [-0.05, 0) is 43.5 Å². The minimum Gasteiger partial charge on any atom is -0.486 e. The van der Waals surface area contributed by atoms with Gasteiger partial charge in [0.2, 0.25) is 0 Å². The molecule has 0 amide bonds. The van der Waals surface area contributed by atoms with Crippen molar-refractivity contribution < 1.29 is 19.0 Å². The maximum absolute atomic E-state index is 12.8. The lowest BCUT2D eigenvalue weighted by Crippen LogP contribution is -2.15. The molecule has 110 valence electrons. The van der Waals surface area contributed by atoms with E-state index in [1.54, 1.807) is 0 Å². The monoisotopic (exact) mass is 290 g/mol. The second kappa shape index (κ2) is 5.55. The molecule has 3 rings (SSSR count). The third kappa shape index (κ3) is 2.74. The number of halogens is 1. The molecule has 21 heavy (non-hydrogen) atoms. The van der Waals surface area contributed by atoms with Crippen LogP contribution in [0.4, 0.5) is 4.39 Å². The van der Waals surface area contributed by atoms with Gasteiger partial charge >= 0.3 is 5.97 Å². The van der Waals surface area contributed by atoms with Crippen molar-refractivity contribution >= 4 is 5.97 Å². The molecule has 2 heterocycles. The van der Waals surface area contributed by atoms with Crippen LogP contribution in [0.25, 0.3) is 0 Å². The Kier molecular flexibility index (Phi) is 3.60. The number of ether oxygens (including phenoxy) is 1. The SMILES string of the molecule is O=C(O)c1nc(COc2ccc(F)cc2)n2c1CCCC2. The van der Waals surface area contributed by atoms with Gasteiger partial charge in [-0.1, -0.05) is 0 Å². The highest BCUT2D eigenvalue weighted by Gasteiger charge is 2.23. The molecular weight excluding hydrogens is 275 g/mol. The van der Waals surface area contributed by atoms with Crippen molar-refractivity contribution in [1.82, 2.24) is 9.55 Å². The van der Waals surface area contributed by atoms with Crippen LogP contribution in [0.1, 0.15) is 34.8 Å². The van der Waals surface area contributed by atoms with Crippen LogP contribution in [0.2, 0.25) is 0 Å². The van der Waals surface area contributed by atoms with Gasteiger partial charge in [0.15, 0.2) is 5.69 Å². The Morgan fingerprint density at radius 2 is 2.10 bits per heavy atom. The molecule has 1 N–H and O–H groups in total. The van der Waals surface area contributed by atoms with Gasteiger partial charge in [-0.25, -0.2) is 14.2 Å². The zero-order chi connectivity index (χ0) is 14.8. The summed E-state index contributed by atoms with van der Waals surface area (Å²) in [6.45, 7) is 0.934. The summed E-state index contributed by atoms with van der Waals surface area (Å²) in [6.07, 6.45) is 2.71. The first kappa shape index (κ1) is 13.6. The second-order valence-corrected chi connectivity index (χ2v) is 4.98. The van der Waals surface area contributed by atoms with E-state index in [1.807, 2.05) is 4.57 Å². The summed E-state index contributed by atoms with van der Waals surface area (Å²) in [5.41, 5.74) is 0.888. The Bertz CT molecular complexity index is 664. The molecule has 0 aliphatic carbocycles. The predicted octanol–water partition coefficient (Wildman–Crippen LogP) is 2.64. The van der Waals surface area contributed by atoms with E-state index in [0.29, 0.717) is 11.6 Å². The van der Waals surface area contributed by atoms with E-state index in [2.05, 4.69) is 4.98 Å². The molecule has 1 aliphatic rings. The van der Waals surface area contributed by atoms with Crippen molar-refractivity contribution in [2.24, 2.45) is 0 Å². The van der Waals surface area contributed by atoms with E-state index < -0.39 is 5.97 Å². The number of aromatic carboxylic acids is 1. The minimum absolute atomic E-state index is 0.118. The molecule has 0 atom stereocenters. The molecule has 0 spiro atoms. The zero-order valence-electron chi connectivity index (χ0n) is 11.4. The van der Waals surface area contributed by atoms with Gasteiger partial charge in [0.1, 0.15) is 24.0 Å². The number of hydrogen-bond acceptors (Lipinski definition) is 3. The van der Waals surface area contributed by atoms with Crippen molar-refractivity contribution in [3.05, 3.63) is 47.3 Å². The fourth-order valence-electron chi connectivity index (χ4n) is 2.58. The van der Waals surface area contributed by atoms with Crippen molar-refractivity contribution in [2.45, 2.75) is 32.4 Å². The topological polar surface area (TPSA) is 64.3 Å². The van der Waals surface area contributed by atoms with E-state index >= 15 is 0 Å². The van der Waals surface area contributed by atoms with Gasteiger partial charge in [-0.3, -0.25) is 0 Å². The van der Waals surface area contributed by atoms with Crippen molar-refractivity contribution in [3.63, 3.8) is 0 Å². The first-order valence-corrected chi connectivity index (χ1v) is 6.85. The summed E-state index contributed by atoms with van der Waals surface area (Å²) in [5.74, 6) is -0.199. The van der Waals surface area contributed by atoms with Gasteiger partial charge in [-0.2, -0.15) is 0 Å². The molecule has 1 aromatic heterocycles. The van der Waals surface area contributed by atoms with Crippen LogP contribution in [0.5, 0.6) is 5.75 Å². The van der Waals surface area contributed by atoms with Gasteiger partial charge in [-0.15, -0.1) is 0 Å². The molecule has 0 unspecified atom stereocenters. The fourth-order valence-corrected chi connectivity index (χ4v) is 2.58. The minimum atomic E-state index is -1.01. The third-order valence-corrected chi connectivity index (χ3v) is 3.58. The Labute approximate surface area is 121 Å². The summed E-state index contributed by atoms with van der Waals surface area (Å²) in [4.78, 5) is 15.4. The van der Waals surface area contributed by atoms with E-state index in [9.17, 15) is 14.3 Å². The smallest absolute Gasteiger partial charge is 0.356 e. The normalized spacial score (nSPS) is 13.8. The van der Waals surface area contributed by atoms with Crippen molar-refractivity contribution in [3.8, 4) is 5.75 Å². The van der Waals surface area contributed by atoms with Gasteiger partial charge in [0, 0.05) is 6.54 Å². The van der Waals surface area contributed by atoms with Crippen LogP contribution >= 0.6 is 0 Å². The summed E-state index contributed by atoms with van der Waals surface area (Å²) in [5, 5.41) is 9.21. The number of carboxylic acid groups (broad SMARTS) is 1. The Hall–Kier alpha value is -2.37. The van der Waals surface area contributed by atoms with Crippen LogP contribution in [-0.4, -0.2) is 20.6 Å². The number of carbonyl (C=O) groups is 1.